The summed E-state index contributed by atoms with van der Waals surface area (Å²) in [5.74, 6) is 0.102. The molecule has 0 saturated heterocycles. The summed E-state index contributed by atoms with van der Waals surface area (Å²) in [7, 11) is 0. The molecule has 2 aromatic rings. The van der Waals surface area contributed by atoms with Crippen LogP contribution in [0.1, 0.15) is 5.56 Å². The summed E-state index contributed by atoms with van der Waals surface area (Å²) < 4.78 is 19.2. The van der Waals surface area contributed by atoms with E-state index in [4.69, 9.17) is 27.9 Å². The lowest BCUT2D eigenvalue weighted by molar-refractivity contribution is 0.438. The van der Waals surface area contributed by atoms with Crippen LogP contribution in [-0.4, -0.2) is 0 Å². The average molecular weight is 350 g/mol. The third kappa shape index (κ3) is 2.97. The van der Waals surface area contributed by atoms with Crippen molar-refractivity contribution in [3.8, 4) is 11.5 Å². The number of alkyl halides is 1. The van der Waals surface area contributed by atoms with Crippen LogP contribution in [0.25, 0.3) is 0 Å². The minimum absolute atomic E-state index is 0.165. The van der Waals surface area contributed by atoms with Crippen LogP contribution in [0.15, 0.2) is 36.4 Å². The maximum atomic E-state index is 13.7. The molecular formula is C13H8BrCl2FO. The number of benzene rings is 2. The Labute approximate surface area is 123 Å². The topological polar surface area (TPSA) is 9.23 Å². The molecule has 0 saturated carbocycles. The van der Waals surface area contributed by atoms with Crippen LogP contribution in [0, 0.1) is 5.82 Å². The Balaban J connectivity index is 2.39. The van der Waals surface area contributed by atoms with Gasteiger partial charge in [0.15, 0.2) is 11.6 Å². The second-order valence-corrected chi connectivity index (χ2v) is 4.94. The van der Waals surface area contributed by atoms with Crippen LogP contribution in [0.2, 0.25) is 10.0 Å². The van der Waals surface area contributed by atoms with E-state index in [1.54, 1.807) is 30.3 Å². The van der Waals surface area contributed by atoms with E-state index in [-0.39, 0.29) is 5.75 Å². The molecule has 2 rings (SSSR count). The lowest BCUT2D eigenvalue weighted by atomic mass is 10.2. The third-order valence-corrected chi connectivity index (χ3v) is 3.43. The quantitative estimate of drug-likeness (QED) is 0.634. The number of halogens is 4. The van der Waals surface area contributed by atoms with Crippen LogP contribution >= 0.6 is 39.1 Å². The van der Waals surface area contributed by atoms with Gasteiger partial charge in [0.25, 0.3) is 0 Å². The van der Waals surface area contributed by atoms with Gasteiger partial charge in [0.05, 0.1) is 5.02 Å². The lowest BCUT2D eigenvalue weighted by Crippen LogP contribution is -1.93. The van der Waals surface area contributed by atoms with Gasteiger partial charge in [-0.15, -0.1) is 0 Å². The van der Waals surface area contributed by atoms with Gasteiger partial charge in [-0.1, -0.05) is 51.3 Å². The molecule has 0 heterocycles. The van der Waals surface area contributed by atoms with Crippen molar-refractivity contribution < 1.29 is 9.13 Å². The normalized spacial score (nSPS) is 10.4. The maximum Gasteiger partial charge on any atom is 0.167 e. The Bertz CT molecular complexity index is 575. The highest BCUT2D eigenvalue weighted by Gasteiger charge is 2.12. The van der Waals surface area contributed by atoms with Crippen molar-refractivity contribution in [2.75, 3.05) is 0 Å². The zero-order valence-electron chi connectivity index (χ0n) is 9.09. The molecule has 0 radical (unpaired) electrons. The van der Waals surface area contributed by atoms with E-state index < -0.39 is 5.82 Å². The van der Waals surface area contributed by atoms with E-state index in [1.165, 1.54) is 6.07 Å². The minimum Gasteiger partial charge on any atom is -0.452 e. The Morgan fingerprint density at radius 3 is 2.61 bits per heavy atom. The fraction of sp³-hybridized carbons (Fsp3) is 0.0769. The first-order valence-electron chi connectivity index (χ1n) is 5.08. The van der Waals surface area contributed by atoms with Gasteiger partial charge in [-0.25, -0.2) is 4.39 Å². The Hall–Kier alpha value is -0.770. The van der Waals surface area contributed by atoms with Crippen molar-refractivity contribution in [3.63, 3.8) is 0 Å². The number of para-hydroxylation sites is 1. The van der Waals surface area contributed by atoms with Gasteiger partial charge in [-0.3, -0.25) is 0 Å². The molecule has 0 atom stereocenters. The summed E-state index contributed by atoms with van der Waals surface area (Å²) in [4.78, 5) is 0. The first-order chi connectivity index (χ1) is 8.61. The van der Waals surface area contributed by atoms with E-state index in [1.807, 2.05) is 0 Å². The molecule has 0 N–H and O–H groups in total. The molecule has 0 bridgehead atoms. The largest absolute Gasteiger partial charge is 0.452 e. The molecule has 94 valence electrons. The average Bonchev–Trinajstić information content (AvgIpc) is 2.34. The molecule has 0 aromatic heterocycles. The smallest absolute Gasteiger partial charge is 0.167 e. The summed E-state index contributed by atoms with van der Waals surface area (Å²) in [6.07, 6.45) is 0. The number of rotatable bonds is 3. The van der Waals surface area contributed by atoms with E-state index in [0.717, 1.165) is 0 Å². The fourth-order valence-corrected chi connectivity index (χ4v) is 2.33. The van der Waals surface area contributed by atoms with Gasteiger partial charge in [-0.05, 0) is 24.3 Å². The molecule has 1 nitrogen and oxygen atoms in total. The summed E-state index contributed by atoms with van der Waals surface area (Å²) in [5.41, 5.74) is 0.709. The number of hydrogen-bond donors (Lipinski definition) is 0. The number of hydrogen-bond acceptors (Lipinski definition) is 1. The highest BCUT2D eigenvalue weighted by Crippen LogP contribution is 2.35. The van der Waals surface area contributed by atoms with E-state index >= 15 is 0 Å². The van der Waals surface area contributed by atoms with Crippen molar-refractivity contribution >= 4 is 39.1 Å². The Kier molecular flexibility index (Phi) is 4.49. The molecule has 0 aliphatic rings. The summed E-state index contributed by atoms with van der Waals surface area (Å²) in [5, 5.41) is 1.33. The maximum absolute atomic E-state index is 13.7. The molecule has 0 aliphatic carbocycles. The molecule has 0 aliphatic heterocycles. The summed E-state index contributed by atoms with van der Waals surface area (Å²) >= 11 is 15.1. The van der Waals surface area contributed by atoms with E-state index in [9.17, 15) is 4.39 Å². The van der Waals surface area contributed by atoms with Crippen LogP contribution in [0.4, 0.5) is 4.39 Å². The van der Waals surface area contributed by atoms with Crippen LogP contribution in [-0.2, 0) is 5.33 Å². The van der Waals surface area contributed by atoms with Crippen molar-refractivity contribution in [1.29, 1.82) is 0 Å². The lowest BCUT2D eigenvalue weighted by Gasteiger charge is -2.11. The van der Waals surface area contributed by atoms with Crippen molar-refractivity contribution in [3.05, 3.63) is 57.8 Å². The standard InChI is InChI=1S/C13H8BrCl2FO/c14-7-8-2-1-3-11(17)13(8)18-12-5-4-9(15)6-10(12)16/h1-6H,7H2. The van der Waals surface area contributed by atoms with Crippen molar-refractivity contribution in [2.24, 2.45) is 0 Å². The first-order valence-corrected chi connectivity index (χ1v) is 6.96. The summed E-state index contributed by atoms with van der Waals surface area (Å²) in [6, 6.07) is 9.53. The van der Waals surface area contributed by atoms with Gasteiger partial charge in [-0.2, -0.15) is 0 Å². The van der Waals surface area contributed by atoms with Gasteiger partial charge in [0.1, 0.15) is 5.75 Å². The SMILES string of the molecule is Fc1cccc(CBr)c1Oc1ccc(Cl)cc1Cl. The molecule has 0 spiro atoms. The molecule has 5 heteroatoms. The zero-order chi connectivity index (χ0) is 13.1. The van der Waals surface area contributed by atoms with Gasteiger partial charge < -0.3 is 4.74 Å². The van der Waals surface area contributed by atoms with Crippen LogP contribution in [0.5, 0.6) is 11.5 Å². The van der Waals surface area contributed by atoms with E-state index in [2.05, 4.69) is 15.9 Å². The Morgan fingerprint density at radius 1 is 1.17 bits per heavy atom. The molecule has 2 aromatic carbocycles. The van der Waals surface area contributed by atoms with Crippen LogP contribution < -0.4 is 4.74 Å². The molecule has 0 amide bonds. The zero-order valence-corrected chi connectivity index (χ0v) is 12.2. The number of ether oxygens (including phenoxy) is 1. The Morgan fingerprint density at radius 2 is 1.94 bits per heavy atom. The van der Waals surface area contributed by atoms with E-state index in [0.29, 0.717) is 26.7 Å². The predicted molar refractivity (Wildman–Crippen MR) is 75.6 cm³/mol. The first kappa shape index (κ1) is 13.7. The second kappa shape index (κ2) is 5.91. The van der Waals surface area contributed by atoms with Gasteiger partial charge >= 0.3 is 0 Å². The minimum atomic E-state index is -0.432. The third-order valence-electron chi connectivity index (χ3n) is 2.30. The fourth-order valence-electron chi connectivity index (χ4n) is 1.44. The van der Waals surface area contributed by atoms with Crippen molar-refractivity contribution in [2.45, 2.75) is 5.33 Å². The van der Waals surface area contributed by atoms with Crippen LogP contribution in [0.3, 0.4) is 0 Å². The van der Waals surface area contributed by atoms with Crippen molar-refractivity contribution in [1.82, 2.24) is 0 Å². The monoisotopic (exact) mass is 348 g/mol. The highest BCUT2D eigenvalue weighted by molar-refractivity contribution is 9.08. The predicted octanol–water partition coefficient (Wildman–Crippen LogP) is 5.82. The molecule has 0 fully saturated rings. The second-order valence-electron chi connectivity index (χ2n) is 3.54. The van der Waals surface area contributed by atoms with Gasteiger partial charge in [0.2, 0.25) is 0 Å². The molecular weight excluding hydrogens is 342 g/mol. The summed E-state index contributed by atoms with van der Waals surface area (Å²) in [6.45, 7) is 0. The molecule has 0 unspecified atom stereocenters. The molecule has 18 heavy (non-hydrogen) atoms. The highest BCUT2D eigenvalue weighted by atomic mass is 79.9. The van der Waals surface area contributed by atoms with Gasteiger partial charge in [0, 0.05) is 15.9 Å².